The molecule has 1 saturated heterocycles. The van der Waals surface area contributed by atoms with Gasteiger partial charge in [0.1, 0.15) is 6.61 Å². The molecule has 0 radical (unpaired) electrons. The number of carbonyl (C=O) groups excluding carboxylic acids is 3. The molecule has 1 fully saturated rings. The zero-order valence-corrected chi connectivity index (χ0v) is 15.6. The molecule has 3 unspecified atom stereocenters. The zero-order chi connectivity index (χ0) is 19.1. The summed E-state index contributed by atoms with van der Waals surface area (Å²) in [5.41, 5.74) is 0. The second-order valence-corrected chi connectivity index (χ2v) is 6.35. The lowest BCUT2D eigenvalue weighted by Crippen LogP contribution is -2.49. The lowest BCUT2D eigenvalue weighted by molar-refractivity contribution is -0.270. The van der Waals surface area contributed by atoms with Crippen LogP contribution in [0.3, 0.4) is 0 Å². The number of rotatable bonds is 7. The Bertz CT molecular complexity index is 477. The normalized spacial score (nSPS) is 30.2. The molecule has 6 atom stereocenters. The molecule has 0 saturated carbocycles. The molecule has 0 bridgehead atoms. The quantitative estimate of drug-likeness (QED) is 0.495. The third-order valence-corrected chi connectivity index (χ3v) is 4.78. The van der Waals surface area contributed by atoms with Gasteiger partial charge in [0.2, 0.25) is 0 Å². The van der Waals surface area contributed by atoms with Crippen LogP contribution in [0.2, 0.25) is 0 Å². The van der Waals surface area contributed by atoms with E-state index in [9.17, 15) is 14.4 Å². The van der Waals surface area contributed by atoms with Gasteiger partial charge in [0, 0.05) is 12.8 Å². The zero-order valence-electron chi connectivity index (χ0n) is 15.6. The largest absolute Gasteiger partial charge is 0.469 e. The molecule has 0 amide bonds. The molecule has 0 spiro atoms. The molecular formula is C17H28O8. The van der Waals surface area contributed by atoms with Crippen molar-refractivity contribution in [2.24, 2.45) is 17.8 Å². The highest BCUT2D eigenvalue weighted by Gasteiger charge is 2.42. The Balaban J connectivity index is 2.85. The fourth-order valence-corrected chi connectivity index (χ4v) is 2.75. The summed E-state index contributed by atoms with van der Waals surface area (Å²) in [6.45, 7) is 7.44. The van der Waals surface area contributed by atoms with Gasteiger partial charge < -0.3 is 23.7 Å². The van der Waals surface area contributed by atoms with E-state index < -0.39 is 30.3 Å². The summed E-state index contributed by atoms with van der Waals surface area (Å²) in [6, 6.07) is 0. The minimum Gasteiger partial charge on any atom is -0.469 e. The van der Waals surface area contributed by atoms with Gasteiger partial charge in [-0.05, 0) is 11.8 Å². The molecule has 8 heteroatoms. The molecule has 0 aromatic rings. The Labute approximate surface area is 148 Å². The molecule has 25 heavy (non-hydrogen) atoms. The van der Waals surface area contributed by atoms with Crippen molar-refractivity contribution >= 4 is 17.9 Å². The molecule has 0 aromatic carbocycles. The third-order valence-electron chi connectivity index (χ3n) is 4.78. The van der Waals surface area contributed by atoms with Crippen molar-refractivity contribution in [3.05, 3.63) is 0 Å². The maximum absolute atomic E-state index is 11.9. The minimum atomic E-state index is -1.13. The monoisotopic (exact) mass is 360 g/mol. The van der Waals surface area contributed by atoms with Crippen LogP contribution in [-0.4, -0.2) is 57.2 Å². The second kappa shape index (κ2) is 9.72. The summed E-state index contributed by atoms with van der Waals surface area (Å²) in [5.74, 6) is -1.37. The Morgan fingerprint density at radius 1 is 1.00 bits per heavy atom. The standard InChI is InChI=1S/C17H28O8/c1-9-10(2)14(8-23-12(4)18)25-17(11(9)3)24-13(16(20)22-6)7-15(19)21-5/h9-11,13-14,17H,7-8H2,1-6H3/t9-,10-,11?,13-,14?,17?/m0/s1. The number of hydrogen-bond donors (Lipinski definition) is 0. The lowest BCUT2D eigenvalue weighted by atomic mass is 9.79. The van der Waals surface area contributed by atoms with Crippen LogP contribution in [0.25, 0.3) is 0 Å². The summed E-state index contributed by atoms with van der Waals surface area (Å²) in [6.07, 6.45) is -2.49. The van der Waals surface area contributed by atoms with E-state index in [2.05, 4.69) is 4.74 Å². The highest BCUT2D eigenvalue weighted by atomic mass is 16.7. The highest BCUT2D eigenvalue weighted by molar-refractivity contribution is 5.81. The van der Waals surface area contributed by atoms with Gasteiger partial charge >= 0.3 is 17.9 Å². The number of hydrogen-bond acceptors (Lipinski definition) is 8. The van der Waals surface area contributed by atoms with Crippen LogP contribution in [0, 0.1) is 17.8 Å². The maximum atomic E-state index is 11.9. The first kappa shape index (κ1) is 21.4. The van der Waals surface area contributed by atoms with E-state index in [4.69, 9.17) is 18.9 Å². The smallest absolute Gasteiger partial charge is 0.335 e. The summed E-state index contributed by atoms with van der Waals surface area (Å²) in [4.78, 5) is 34.5. The topological polar surface area (TPSA) is 97.4 Å². The van der Waals surface area contributed by atoms with Crippen molar-refractivity contribution in [2.45, 2.75) is 52.6 Å². The summed E-state index contributed by atoms with van der Waals surface area (Å²) in [5, 5.41) is 0. The van der Waals surface area contributed by atoms with Crippen LogP contribution in [0.1, 0.15) is 34.1 Å². The number of methoxy groups -OCH3 is 2. The average molecular weight is 360 g/mol. The first-order chi connectivity index (χ1) is 11.7. The van der Waals surface area contributed by atoms with Crippen LogP contribution >= 0.6 is 0 Å². The summed E-state index contributed by atoms with van der Waals surface area (Å²) < 4.78 is 26.0. The average Bonchev–Trinajstić information content (AvgIpc) is 2.59. The van der Waals surface area contributed by atoms with Gasteiger partial charge in [0.05, 0.1) is 26.7 Å². The molecule has 1 heterocycles. The molecular weight excluding hydrogens is 332 g/mol. The van der Waals surface area contributed by atoms with E-state index in [1.807, 2.05) is 20.8 Å². The Morgan fingerprint density at radius 3 is 2.16 bits per heavy atom. The maximum Gasteiger partial charge on any atom is 0.335 e. The van der Waals surface area contributed by atoms with E-state index in [0.29, 0.717) is 0 Å². The molecule has 1 aliphatic heterocycles. The van der Waals surface area contributed by atoms with Crippen molar-refractivity contribution in [3.8, 4) is 0 Å². The van der Waals surface area contributed by atoms with E-state index in [0.717, 1.165) is 0 Å². The number of esters is 3. The fourth-order valence-electron chi connectivity index (χ4n) is 2.75. The van der Waals surface area contributed by atoms with Crippen molar-refractivity contribution < 1.29 is 38.1 Å². The van der Waals surface area contributed by atoms with Crippen molar-refractivity contribution in [1.82, 2.24) is 0 Å². The van der Waals surface area contributed by atoms with Crippen LogP contribution in [-0.2, 0) is 38.1 Å². The van der Waals surface area contributed by atoms with Crippen LogP contribution in [0.5, 0.6) is 0 Å². The summed E-state index contributed by atoms with van der Waals surface area (Å²) >= 11 is 0. The molecule has 144 valence electrons. The van der Waals surface area contributed by atoms with Crippen molar-refractivity contribution in [3.63, 3.8) is 0 Å². The van der Waals surface area contributed by atoms with Gasteiger partial charge in [-0.15, -0.1) is 0 Å². The Morgan fingerprint density at radius 2 is 1.64 bits per heavy atom. The summed E-state index contributed by atoms with van der Waals surface area (Å²) in [7, 11) is 2.45. The van der Waals surface area contributed by atoms with Gasteiger partial charge in [-0.2, -0.15) is 0 Å². The van der Waals surface area contributed by atoms with E-state index in [-0.39, 0.29) is 36.9 Å². The molecule has 0 aliphatic carbocycles. The second-order valence-electron chi connectivity index (χ2n) is 6.35. The Hall–Kier alpha value is -1.67. The highest BCUT2D eigenvalue weighted by Crippen LogP contribution is 2.36. The van der Waals surface area contributed by atoms with Crippen LogP contribution < -0.4 is 0 Å². The van der Waals surface area contributed by atoms with E-state index >= 15 is 0 Å². The Kier molecular flexibility index (Phi) is 8.31. The minimum absolute atomic E-state index is 0.0339. The van der Waals surface area contributed by atoms with Crippen LogP contribution in [0.15, 0.2) is 0 Å². The predicted molar refractivity (Wildman–Crippen MR) is 86.3 cm³/mol. The lowest BCUT2D eigenvalue weighted by Gasteiger charge is -2.43. The molecule has 8 nitrogen and oxygen atoms in total. The van der Waals surface area contributed by atoms with E-state index in [1.165, 1.54) is 21.1 Å². The first-order valence-corrected chi connectivity index (χ1v) is 8.30. The third kappa shape index (κ3) is 5.97. The van der Waals surface area contributed by atoms with Gasteiger partial charge in [0.25, 0.3) is 0 Å². The SMILES string of the molecule is COC(=O)C[C@H](OC1OC(COC(C)=O)[C@@H](C)[C@H](C)C1C)C(=O)OC. The first-order valence-electron chi connectivity index (χ1n) is 8.30. The van der Waals surface area contributed by atoms with Gasteiger partial charge in [-0.1, -0.05) is 20.8 Å². The number of carbonyl (C=O) groups is 3. The predicted octanol–water partition coefficient (Wildman–Crippen LogP) is 1.30. The fraction of sp³-hybridized carbons (Fsp3) is 0.824. The van der Waals surface area contributed by atoms with E-state index in [1.54, 1.807) is 0 Å². The molecule has 1 aliphatic rings. The van der Waals surface area contributed by atoms with Crippen LogP contribution in [0.4, 0.5) is 0 Å². The molecule has 0 aromatic heterocycles. The van der Waals surface area contributed by atoms with Crippen molar-refractivity contribution in [1.29, 1.82) is 0 Å². The van der Waals surface area contributed by atoms with Gasteiger partial charge in [-0.25, -0.2) is 4.79 Å². The van der Waals surface area contributed by atoms with Gasteiger partial charge in [-0.3, -0.25) is 9.59 Å². The van der Waals surface area contributed by atoms with Crippen molar-refractivity contribution in [2.75, 3.05) is 20.8 Å². The molecule has 1 rings (SSSR count). The number of ether oxygens (including phenoxy) is 5. The van der Waals surface area contributed by atoms with Gasteiger partial charge in [0.15, 0.2) is 12.4 Å². The molecule has 0 N–H and O–H groups in total.